The Morgan fingerprint density at radius 2 is 2.26 bits per heavy atom. The van der Waals surface area contributed by atoms with Crippen LogP contribution in [-0.4, -0.2) is 25.0 Å². The van der Waals surface area contributed by atoms with Crippen molar-refractivity contribution in [2.45, 2.75) is 44.1 Å². The molecule has 0 spiro atoms. The molecule has 2 N–H and O–H groups in total. The van der Waals surface area contributed by atoms with Crippen LogP contribution in [0.15, 0.2) is 11.4 Å². The Labute approximate surface area is 124 Å². The van der Waals surface area contributed by atoms with Crippen molar-refractivity contribution in [1.82, 2.24) is 10.6 Å². The van der Waals surface area contributed by atoms with Crippen LogP contribution in [0.2, 0.25) is 0 Å². The summed E-state index contributed by atoms with van der Waals surface area (Å²) < 4.78 is 0. The second-order valence-corrected chi connectivity index (χ2v) is 6.30. The van der Waals surface area contributed by atoms with E-state index in [1.54, 1.807) is 11.3 Å². The number of hydrogen-bond acceptors (Lipinski definition) is 3. The van der Waals surface area contributed by atoms with E-state index in [9.17, 15) is 4.79 Å². The maximum Gasteiger partial charge on any atom is 0.227 e. The lowest BCUT2D eigenvalue weighted by Crippen LogP contribution is -2.47. The van der Waals surface area contributed by atoms with Gasteiger partial charge in [0.15, 0.2) is 0 Å². The molecule has 5 heteroatoms. The fraction of sp³-hybridized carbons (Fsp3) is 0.643. The number of rotatable bonds is 2. The van der Waals surface area contributed by atoms with Crippen LogP contribution in [0, 0.1) is 0 Å². The summed E-state index contributed by atoms with van der Waals surface area (Å²) in [6.07, 6.45) is 5.59. The Hall–Kier alpha value is -0.580. The highest BCUT2D eigenvalue weighted by Gasteiger charge is 2.28. The number of hydrogen-bond donors (Lipinski definition) is 2. The molecule has 3 nitrogen and oxygen atoms in total. The normalized spacial score (nSPS) is 26.1. The number of carbonyl (C=O) groups excluding carboxylic acids is 1. The number of carbonyl (C=O) groups is 1. The zero-order chi connectivity index (χ0) is 12.4. The zero-order valence-corrected chi connectivity index (χ0v) is 12.6. The summed E-state index contributed by atoms with van der Waals surface area (Å²) in [5.41, 5.74) is 1.28. The second kappa shape index (κ2) is 6.73. The predicted octanol–water partition coefficient (Wildman–Crippen LogP) is 2.46. The number of piperidine rings is 1. The number of halogens is 1. The third-order valence-corrected chi connectivity index (χ3v) is 5.01. The molecule has 0 saturated carbocycles. The highest BCUT2D eigenvalue weighted by atomic mass is 35.5. The Bertz CT molecular complexity index is 429. The number of amides is 1. The third kappa shape index (κ3) is 3.30. The second-order valence-electron chi connectivity index (χ2n) is 5.30. The highest BCUT2D eigenvalue weighted by molar-refractivity contribution is 7.10. The molecule has 1 aromatic rings. The first-order valence-electron chi connectivity index (χ1n) is 6.92. The molecular weight excluding hydrogens is 280 g/mol. The van der Waals surface area contributed by atoms with Gasteiger partial charge in [0, 0.05) is 17.5 Å². The molecule has 2 heterocycles. The molecule has 0 bridgehead atoms. The molecule has 2 atom stereocenters. The van der Waals surface area contributed by atoms with Gasteiger partial charge >= 0.3 is 0 Å². The van der Waals surface area contributed by atoms with Crippen molar-refractivity contribution in [3.05, 3.63) is 21.9 Å². The fourth-order valence-corrected chi connectivity index (χ4v) is 4.02. The molecule has 1 aliphatic heterocycles. The fourth-order valence-electron chi connectivity index (χ4n) is 3.04. The van der Waals surface area contributed by atoms with Crippen molar-refractivity contribution in [1.29, 1.82) is 0 Å². The van der Waals surface area contributed by atoms with Crippen LogP contribution in [-0.2, 0) is 11.2 Å². The van der Waals surface area contributed by atoms with Crippen molar-refractivity contribution >= 4 is 29.7 Å². The standard InChI is InChI=1S/C14H20N2OS.ClH/c17-14(16-10-3-2-7-15-9-10)12-4-1-5-13-11(12)6-8-18-13;/h6,8,10,12,15H,1-5,7,9H2,(H,16,17);1H/t10-,12?;/m1./s1. The molecular formula is C14H21ClN2OS. The van der Waals surface area contributed by atoms with Crippen LogP contribution in [0.1, 0.15) is 42.0 Å². The van der Waals surface area contributed by atoms with Crippen LogP contribution in [0.3, 0.4) is 0 Å². The summed E-state index contributed by atoms with van der Waals surface area (Å²) in [6.45, 7) is 2.01. The van der Waals surface area contributed by atoms with Gasteiger partial charge in [-0.05, 0) is 55.7 Å². The molecule has 1 aromatic heterocycles. The average molecular weight is 301 g/mol. The van der Waals surface area contributed by atoms with Gasteiger partial charge in [-0.15, -0.1) is 23.7 Å². The minimum atomic E-state index is 0. The third-order valence-electron chi connectivity index (χ3n) is 4.01. The van der Waals surface area contributed by atoms with E-state index in [0.29, 0.717) is 6.04 Å². The minimum absolute atomic E-state index is 0. The first-order chi connectivity index (χ1) is 8.84. The SMILES string of the molecule is Cl.O=C(N[C@@H]1CCCNC1)C1CCCc2sccc21. The van der Waals surface area contributed by atoms with Gasteiger partial charge in [-0.2, -0.15) is 0 Å². The van der Waals surface area contributed by atoms with Gasteiger partial charge in [-0.1, -0.05) is 0 Å². The van der Waals surface area contributed by atoms with Crippen molar-refractivity contribution in [3.63, 3.8) is 0 Å². The summed E-state index contributed by atoms with van der Waals surface area (Å²) in [7, 11) is 0. The summed E-state index contributed by atoms with van der Waals surface area (Å²) in [4.78, 5) is 13.8. The lowest BCUT2D eigenvalue weighted by atomic mass is 9.87. The summed E-state index contributed by atoms with van der Waals surface area (Å²) in [5.74, 6) is 0.338. The Morgan fingerprint density at radius 3 is 3.05 bits per heavy atom. The van der Waals surface area contributed by atoms with E-state index in [1.807, 2.05) is 0 Å². The van der Waals surface area contributed by atoms with Gasteiger partial charge in [0.25, 0.3) is 0 Å². The molecule has 19 heavy (non-hydrogen) atoms. The predicted molar refractivity (Wildman–Crippen MR) is 81.3 cm³/mol. The molecule has 1 saturated heterocycles. The average Bonchev–Trinajstić information content (AvgIpc) is 2.87. The molecule has 1 aliphatic carbocycles. The summed E-state index contributed by atoms with van der Waals surface area (Å²) in [5, 5.41) is 8.69. The maximum atomic E-state index is 12.4. The van der Waals surface area contributed by atoms with Crippen LogP contribution in [0.4, 0.5) is 0 Å². The molecule has 1 unspecified atom stereocenters. The van der Waals surface area contributed by atoms with E-state index in [1.165, 1.54) is 16.9 Å². The summed E-state index contributed by atoms with van der Waals surface area (Å²) >= 11 is 1.80. The van der Waals surface area contributed by atoms with Crippen molar-refractivity contribution in [2.24, 2.45) is 0 Å². The summed E-state index contributed by atoms with van der Waals surface area (Å²) in [6, 6.07) is 2.47. The Kier molecular flexibility index (Phi) is 5.25. The van der Waals surface area contributed by atoms with E-state index in [-0.39, 0.29) is 24.2 Å². The lowest BCUT2D eigenvalue weighted by Gasteiger charge is -2.28. The molecule has 2 aliphatic rings. The van der Waals surface area contributed by atoms with E-state index >= 15 is 0 Å². The monoisotopic (exact) mass is 300 g/mol. The van der Waals surface area contributed by atoms with Crippen LogP contribution < -0.4 is 10.6 Å². The van der Waals surface area contributed by atoms with E-state index < -0.39 is 0 Å². The van der Waals surface area contributed by atoms with Crippen molar-refractivity contribution in [2.75, 3.05) is 13.1 Å². The van der Waals surface area contributed by atoms with Gasteiger partial charge < -0.3 is 10.6 Å². The molecule has 3 rings (SSSR count). The molecule has 0 aromatic carbocycles. The minimum Gasteiger partial charge on any atom is -0.352 e. The largest absolute Gasteiger partial charge is 0.352 e. The lowest BCUT2D eigenvalue weighted by molar-refractivity contribution is -0.123. The molecule has 1 fully saturated rings. The molecule has 106 valence electrons. The first kappa shape index (κ1) is 14.8. The Morgan fingerprint density at radius 1 is 1.37 bits per heavy atom. The van der Waals surface area contributed by atoms with Gasteiger partial charge in [-0.25, -0.2) is 0 Å². The van der Waals surface area contributed by atoms with E-state index in [0.717, 1.165) is 38.8 Å². The van der Waals surface area contributed by atoms with Gasteiger partial charge in [-0.3, -0.25) is 4.79 Å². The van der Waals surface area contributed by atoms with Crippen LogP contribution >= 0.6 is 23.7 Å². The van der Waals surface area contributed by atoms with Gasteiger partial charge in [0.1, 0.15) is 0 Å². The first-order valence-corrected chi connectivity index (χ1v) is 7.80. The van der Waals surface area contributed by atoms with Crippen LogP contribution in [0.5, 0.6) is 0 Å². The highest BCUT2D eigenvalue weighted by Crippen LogP contribution is 2.35. The van der Waals surface area contributed by atoms with Gasteiger partial charge in [0.2, 0.25) is 5.91 Å². The zero-order valence-electron chi connectivity index (χ0n) is 11.0. The Balaban J connectivity index is 0.00000133. The van der Waals surface area contributed by atoms with Gasteiger partial charge in [0.05, 0.1) is 5.92 Å². The molecule has 0 radical (unpaired) electrons. The van der Waals surface area contributed by atoms with Crippen molar-refractivity contribution in [3.8, 4) is 0 Å². The van der Waals surface area contributed by atoms with Crippen molar-refractivity contribution < 1.29 is 4.79 Å². The number of thiophene rings is 1. The molecule has 1 amide bonds. The topological polar surface area (TPSA) is 41.1 Å². The van der Waals surface area contributed by atoms with Crippen LogP contribution in [0.25, 0.3) is 0 Å². The number of fused-ring (bicyclic) bond motifs is 1. The number of aryl methyl sites for hydroxylation is 1. The maximum absolute atomic E-state index is 12.4. The number of nitrogens with one attached hydrogen (secondary N) is 2. The van der Waals surface area contributed by atoms with E-state index in [4.69, 9.17) is 0 Å². The quantitative estimate of drug-likeness (QED) is 0.881. The van der Waals surface area contributed by atoms with E-state index in [2.05, 4.69) is 22.1 Å². The smallest absolute Gasteiger partial charge is 0.227 e.